The fourth-order valence-electron chi connectivity index (χ4n) is 8.11. The standard InChI is InChI=1S/C50H31NOS/c1-2-12-35-30-36(21-20-32(35)10-1)33-22-24-37(25-23-33)51(38-26-27-42-41-15-5-7-18-46(41)52-47(42)31-38)49-44(40-17-9-13-34-11-3-4-14-39(34)40)28-29-45-43-16-6-8-19-48(43)53-50(45)49/h1-31H. The third-order valence-corrected chi connectivity index (χ3v) is 11.8. The number of thiophene rings is 1. The molecule has 0 N–H and O–H groups in total. The molecule has 2 heterocycles. The Hall–Kier alpha value is -6.68. The first-order valence-corrected chi connectivity index (χ1v) is 18.8. The molecule has 0 aliphatic carbocycles. The number of hydrogen-bond donors (Lipinski definition) is 0. The third kappa shape index (κ3) is 4.86. The molecule has 0 atom stereocenters. The first-order valence-electron chi connectivity index (χ1n) is 18.0. The Morgan fingerprint density at radius 1 is 0.377 bits per heavy atom. The second kappa shape index (κ2) is 11.9. The lowest BCUT2D eigenvalue weighted by molar-refractivity contribution is 0.669. The van der Waals surface area contributed by atoms with E-state index in [1.54, 1.807) is 0 Å². The van der Waals surface area contributed by atoms with E-state index in [0.717, 1.165) is 39.0 Å². The summed E-state index contributed by atoms with van der Waals surface area (Å²) in [5.74, 6) is 0. The van der Waals surface area contributed by atoms with Gasteiger partial charge in [0.1, 0.15) is 11.2 Å². The van der Waals surface area contributed by atoms with Gasteiger partial charge in [-0.1, -0.05) is 140 Å². The zero-order chi connectivity index (χ0) is 34.9. The normalized spacial score (nSPS) is 11.8. The van der Waals surface area contributed by atoms with Crippen LogP contribution >= 0.6 is 11.3 Å². The predicted octanol–water partition coefficient (Wildman–Crippen LogP) is 15.1. The zero-order valence-corrected chi connectivity index (χ0v) is 29.5. The molecule has 0 aliphatic heterocycles. The van der Waals surface area contributed by atoms with E-state index in [1.165, 1.54) is 64.0 Å². The van der Waals surface area contributed by atoms with Gasteiger partial charge in [0.15, 0.2) is 0 Å². The SMILES string of the molecule is c1ccc2cc(-c3ccc(N(c4ccc5c(c4)oc4ccccc45)c4c(-c5cccc6ccccc56)ccc5c4sc4ccccc45)cc3)ccc2c1. The Kier molecular flexibility index (Phi) is 6.76. The van der Waals surface area contributed by atoms with Gasteiger partial charge in [-0.3, -0.25) is 0 Å². The summed E-state index contributed by atoms with van der Waals surface area (Å²) in [4.78, 5) is 2.45. The summed E-state index contributed by atoms with van der Waals surface area (Å²) in [6.45, 7) is 0. The fourth-order valence-corrected chi connectivity index (χ4v) is 9.35. The highest BCUT2D eigenvalue weighted by Gasteiger charge is 2.24. The maximum absolute atomic E-state index is 6.51. The first-order chi connectivity index (χ1) is 26.3. The number of anilines is 3. The van der Waals surface area contributed by atoms with E-state index in [0.29, 0.717) is 0 Å². The minimum Gasteiger partial charge on any atom is -0.456 e. The average Bonchev–Trinajstić information content (AvgIpc) is 3.79. The number of hydrogen-bond acceptors (Lipinski definition) is 3. The van der Waals surface area contributed by atoms with Crippen LogP contribution in [0.15, 0.2) is 192 Å². The topological polar surface area (TPSA) is 16.4 Å². The highest BCUT2D eigenvalue weighted by Crippen LogP contribution is 2.51. The molecule has 0 spiro atoms. The maximum Gasteiger partial charge on any atom is 0.137 e. The van der Waals surface area contributed by atoms with Gasteiger partial charge in [0.05, 0.1) is 10.4 Å². The van der Waals surface area contributed by atoms with Crippen LogP contribution in [0.1, 0.15) is 0 Å². The molecule has 248 valence electrons. The van der Waals surface area contributed by atoms with Gasteiger partial charge in [0, 0.05) is 49.2 Å². The predicted molar refractivity (Wildman–Crippen MR) is 227 cm³/mol. The van der Waals surface area contributed by atoms with E-state index in [2.05, 4.69) is 187 Å². The van der Waals surface area contributed by atoms with Crippen molar-refractivity contribution < 1.29 is 4.42 Å². The molecule has 0 amide bonds. The van der Waals surface area contributed by atoms with Crippen LogP contribution in [-0.2, 0) is 0 Å². The summed E-state index contributed by atoms with van der Waals surface area (Å²) < 4.78 is 9.04. The lowest BCUT2D eigenvalue weighted by atomic mass is 9.94. The van der Waals surface area contributed by atoms with Crippen LogP contribution in [0.25, 0.3) is 85.9 Å². The van der Waals surface area contributed by atoms with Crippen molar-refractivity contribution in [3.63, 3.8) is 0 Å². The van der Waals surface area contributed by atoms with Gasteiger partial charge in [-0.25, -0.2) is 0 Å². The summed E-state index contributed by atoms with van der Waals surface area (Å²) in [5.41, 5.74) is 9.83. The summed E-state index contributed by atoms with van der Waals surface area (Å²) >= 11 is 1.86. The summed E-state index contributed by atoms with van der Waals surface area (Å²) in [5, 5.41) is 9.72. The molecule has 2 nitrogen and oxygen atoms in total. The second-order valence-electron chi connectivity index (χ2n) is 13.7. The van der Waals surface area contributed by atoms with Crippen molar-refractivity contribution >= 4 is 92.1 Å². The minimum absolute atomic E-state index is 0.872. The van der Waals surface area contributed by atoms with Crippen molar-refractivity contribution in [1.29, 1.82) is 0 Å². The van der Waals surface area contributed by atoms with E-state index in [1.807, 2.05) is 17.4 Å². The van der Waals surface area contributed by atoms with Crippen LogP contribution < -0.4 is 4.90 Å². The molecule has 53 heavy (non-hydrogen) atoms. The number of benzene rings is 9. The van der Waals surface area contributed by atoms with Gasteiger partial charge in [-0.15, -0.1) is 11.3 Å². The van der Waals surface area contributed by atoms with Crippen molar-refractivity contribution in [3.8, 4) is 22.3 Å². The smallest absolute Gasteiger partial charge is 0.137 e. The van der Waals surface area contributed by atoms with Crippen LogP contribution in [0.2, 0.25) is 0 Å². The van der Waals surface area contributed by atoms with Crippen molar-refractivity contribution in [1.82, 2.24) is 0 Å². The van der Waals surface area contributed by atoms with E-state index < -0.39 is 0 Å². The lowest BCUT2D eigenvalue weighted by Crippen LogP contribution is -2.11. The molecule has 11 rings (SSSR count). The summed E-state index contributed by atoms with van der Waals surface area (Å²) in [6, 6.07) is 68.1. The average molecular weight is 694 g/mol. The van der Waals surface area contributed by atoms with Crippen LogP contribution in [0.4, 0.5) is 17.1 Å². The zero-order valence-electron chi connectivity index (χ0n) is 28.7. The highest BCUT2D eigenvalue weighted by molar-refractivity contribution is 7.26. The van der Waals surface area contributed by atoms with E-state index in [4.69, 9.17) is 4.42 Å². The molecule has 0 saturated heterocycles. The molecule has 0 fully saturated rings. The number of fused-ring (bicyclic) bond motifs is 8. The molecule has 9 aromatic carbocycles. The second-order valence-corrected chi connectivity index (χ2v) is 14.7. The van der Waals surface area contributed by atoms with Crippen LogP contribution in [-0.4, -0.2) is 0 Å². The molecular formula is C50H31NOS. The molecule has 0 saturated carbocycles. The molecule has 0 bridgehead atoms. The van der Waals surface area contributed by atoms with E-state index in [9.17, 15) is 0 Å². The summed E-state index contributed by atoms with van der Waals surface area (Å²) in [7, 11) is 0. The van der Waals surface area contributed by atoms with Gasteiger partial charge in [-0.2, -0.15) is 0 Å². The number of nitrogens with zero attached hydrogens (tertiary/aromatic N) is 1. The Bertz CT molecular complexity index is 3180. The Balaban J connectivity index is 1.20. The minimum atomic E-state index is 0.872. The van der Waals surface area contributed by atoms with Crippen molar-refractivity contribution in [2.45, 2.75) is 0 Å². The van der Waals surface area contributed by atoms with E-state index in [-0.39, 0.29) is 0 Å². The Morgan fingerprint density at radius 2 is 1.04 bits per heavy atom. The largest absolute Gasteiger partial charge is 0.456 e. The molecule has 2 aromatic heterocycles. The van der Waals surface area contributed by atoms with Crippen molar-refractivity contribution in [3.05, 3.63) is 188 Å². The molecule has 0 radical (unpaired) electrons. The number of para-hydroxylation sites is 1. The molecule has 0 unspecified atom stereocenters. The molecule has 0 aliphatic rings. The first kappa shape index (κ1) is 30.0. The van der Waals surface area contributed by atoms with Crippen molar-refractivity contribution in [2.24, 2.45) is 0 Å². The number of rotatable bonds is 5. The van der Waals surface area contributed by atoms with Crippen molar-refractivity contribution in [2.75, 3.05) is 4.90 Å². The van der Waals surface area contributed by atoms with Gasteiger partial charge < -0.3 is 9.32 Å². The Labute approximate surface area is 310 Å². The van der Waals surface area contributed by atoms with Crippen LogP contribution in [0.5, 0.6) is 0 Å². The monoisotopic (exact) mass is 693 g/mol. The highest BCUT2D eigenvalue weighted by atomic mass is 32.1. The molecule has 11 aromatic rings. The van der Waals surface area contributed by atoms with Gasteiger partial charge >= 0.3 is 0 Å². The van der Waals surface area contributed by atoms with Gasteiger partial charge in [0.25, 0.3) is 0 Å². The van der Waals surface area contributed by atoms with Crippen LogP contribution in [0.3, 0.4) is 0 Å². The summed E-state index contributed by atoms with van der Waals surface area (Å²) in [6.07, 6.45) is 0. The third-order valence-electron chi connectivity index (χ3n) is 10.7. The van der Waals surface area contributed by atoms with E-state index >= 15 is 0 Å². The molecule has 3 heteroatoms. The Morgan fingerprint density at radius 3 is 1.92 bits per heavy atom. The molecular weight excluding hydrogens is 663 g/mol. The van der Waals surface area contributed by atoms with Gasteiger partial charge in [-0.05, 0) is 80.7 Å². The van der Waals surface area contributed by atoms with Crippen LogP contribution in [0, 0.1) is 0 Å². The van der Waals surface area contributed by atoms with Gasteiger partial charge in [0.2, 0.25) is 0 Å². The maximum atomic E-state index is 6.51. The lowest BCUT2D eigenvalue weighted by Gasteiger charge is -2.29. The fraction of sp³-hybridized carbons (Fsp3) is 0. The quantitative estimate of drug-likeness (QED) is 0.178. The number of furan rings is 1.